The van der Waals surface area contributed by atoms with E-state index in [1.54, 1.807) is 23.7 Å². The zero-order valence-corrected chi connectivity index (χ0v) is 8.92. The van der Waals surface area contributed by atoms with Crippen LogP contribution in [0.1, 0.15) is 19.0 Å². The molecule has 0 atom stereocenters. The number of hydrogen-bond acceptors (Lipinski definition) is 3. The molecule has 0 unspecified atom stereocenters. The highest BCUT2D eigenvalue weighted by Crippen LogP contribution is 2.23. The van der Waals surface area contributed by atoms with Gasteiger partial charge < -0.3 is 0 Å². The van der Waals surface area contributed by atoms with Crippen LogP contribution < -0.4 is 0 Å². The van der Waals surface area contributed by atoms with E-state index in [4.69, 9.17) is 0 Å². The van der Waals surface area contributed by atoms with Crippen LogP contribution in [0.2, 0.25) is 0 Å². The lowest BCUT2D eigenvalue weighted by Crippen LogP contribution is -1.83. The third kappa shape index (κ3) is 1.99. The van der Waals surface area contributed by atoms with Crippen molar-refractivity contribution < 1.29 is 0 Å². The molecule has 0 spiro atoms. The van der Waals surface area contributed by atoms with Gasteiger partial charge in [0.15, 0.2) is 0 Å². The van der Waals surface area contributed by atoms with Crippen molar-refractivity contribution in [2.24, 2.45) is 0 Å². The molecule has 2 nitrogen and oxygen atoms in total. The molecule has 3 heteroatoms. The average Bonchev–Trinajstić information content (AvgIpc) is 2.68. The van der Waals surface area contributed by atoms with Gasteiger partial charge in [-0.3, -0.25) is 4.98 Å². The second-order valence-electron chi connectivity index (χ2n) is 3.13. The minimum atomic E-state index is 1.07. The summed E-state index contributed by atoms with van der Waals surface area (Å²) in [4.78, 5) is 8.55. The van der Waals surface area contributed by atoms with Crippen molar-refractivity contribution in [3.05, 3.63) is 35.6 Å². The number of aromatic nitrogens is 2. The monoisotopic (exact) mass is 204 g/mol. The Balaban J connectivity index is 2.25. The molecule has 0 aliphatic rings. The van der Waals surface area contributed by atoms with Crippen LogP contribution in [0.25, 0.3) is 10.6 Å². The Morgan fingerprint density at radius 1 is 1.29 bits per heavy atom. The first-order valence-electron chi connectivity index (χ1n) is 4.75. The molecule has 0 amide bonds. The summed E-state index contributed by atoms with van der Waals surface area (Å²) in [7, 11) is 0. The van der Waals surface area contributed by atoms with Crippen molar-refractivity contribution in [2.75, 3.05) is 0 Å². The summed E-state index contributed by atoms with van der Waals surface area (Å²) in [5.74, 6) is 0. The van der Waals surface area contributed by atoms with Crippen LogP contribution >= 0.6 is 11.3 Å². The predicted octanol–water partition coefficient (Wildman–Crippen LogP) is 3.16. The number of aryl methyl sites for hydroxylation is 1. The summed E-state index contributed by atoms with van der Waals surface area (Å²) in [5, 5.41) is 3.23. The van der Waals surface area contributed by atoms with Crippen molar-refractivity contribution in [3.8, 4) is 10.6 Å². The third-order valence-corrected chi connectivity index (χ3v) is 2.93. The third-order valence-electron chi connectivity index (χ3n) is 1.99. The lowest BCUT2D eigenvalue weighted by atomic mass is 10.2. The molecule has 0 aromatic carbocycles. The number of hydrogen-bond donors (Lipinski definition) is 0. The summed E-state index contributed by atoms with van der Waals surface area (Å²) >= 11 is 1.70. The van der Waals surface area contributed by atoms with Crippen LogP contribution in [0.5, 0.6) is 0 Å². The first-order valence-corrected chi connectivity index (χ1v) is 5.63. The number of pyridine rings is 1. The fourth-order valence-corrected chi connectivity index (χ4v) is 2.17. The van der Waals surface area contributed by atoms with Gasteiger partial charge in [-0.1, -0.05) is 13.3 Å². The largest absolute Gasteiger partial charge is 0.265 e. The van der Waals surface area contributed by atoms with Crippen LogP contribution in [-0.4, -0.2) is 9.97 Å². The minimum absolute atomic E-state index is 1.07. The Morgan fingerprint density at radius 2 is 2.07 bits per heavy atom. The van der Waals surface area contributed by atoms with Gasteiger partial charge >= 0.3 is 0 Å². The van der Waals surface area contributed by atoms with Gasteiger partial charge in [-0.05, 0) is 18.6 Å². The molecule has 0 saturated heterocycles. The molecule has 2 rings (SSSR count). The van der Waals surface area contributed by atoms with E-state index in [-0.39, 0.29) is 0 Å². The van der Waals surface area contributed by atoms with E-state index in [1.807, 2.05) is 12.1 Å². The lowest BCUT2D eigenvalue weighted by Gasteiger charge is -1.93. The highest BCUT2D eigenvalue weighted by Gasteiger charge is 2.02. The van der Waals surface area contributed by atoms with Crippen molar-refractivity contribution >= 4 is 11.3 Å². The topological polar surface area (TPSA) is 25.8 Å². The van der Waals surface area contributed by atoms with Gasteiger partial charge in [-0.25, -0.2) is 4.98 Å². The highest BCUT2D eigenvalue weighted by atomic mass is 32.1. The first-order chi connectivity index (χ1) is 6.90. The Labute approximate surface area is 87.7 Å². The molecule has 0 saturated carbocycles. The zero-order chi connectivity index (χ0) is 9.80. The van der Waals surface area contributed by atoms with Crippen LogP contribution in [0.3, 0.4) is 0 Å². The number of nitrogens with zero attached hydrogens (tertiary/aromatic N) is 2. The average molecular weight is 204 g/mol. The lowest BCUT2D eigenvalue weighted by molar-refractivity contribution is 0.893. The maximum atomic E-state index is 4.56. The van der Waals surface area contributed by atoms with E-state index >= 15 is 0 Å². The predicted molar refractivity (Wildman–Crippen MR) is 59.3 cm³/mol. The van der Waals surface area contributed by atoms with Crippen LogP contribution in [0.15, 0.2) is 29.9 Å². The van der Waals surface area contributed by atoms with Crippen molar-refractivity contribution in [1.82, 2.24) is 9.97 Å². The quantitative estimate of drug-likeness (QED) is 0.767. The number of rotatable bonds is 3. The van der Waals surface area contributed by atoms with E-state index in [1.165, 1.54) is 5.69 Å². The number of thiazole rings is 1. The van der Waals surface area contributed by atoms with Gasteiger partial charge in [0, 0.05) is 23.3 Å². The maximum Gasteiger partial charge on any atom is 0.123 e. The van der Waals surface area contributed by atoms with E-state index < -0.39 is 0 Å². The van der Waals surface area contributed by atoms with Crippen molar-refractivity contribution in [1.29, 1.82) is 0 Å². The molecule has 0 fully saturated rings. The smallest absolute Gasteiger partial charge is 0.123 e. The molecule has 14 heavy (non-hydrogen) atoms. The second kappa shape index (κ2) is 4.33. The van der Waals surface area contributed by atoms with E-state index in [2.05, 4.69) is 22.3 Å². The molecule has 72 valence electrons. The Hall–Kier alpha value is -1.22. The van der Waals surface area contributed by atoms with Gasteiger partial charge in [0.2, 0.25) is 0 Å². The van der Waals surface area contributed by atoms with Gasteiger partial charge in [0.05, 0.1) is 5.69 Å². The van der Waals surface area contributed by atoms with Gasteiger partial charge in [0.1, 0.15) is 5.01 Å². The Kier molecular flexibility index (Phi) is 2.89. The molecular formula is C11H12N2S. The summed E-state index contributed by atoms with van der Waals surface area (Å²) in [5.41, 5.74) is 2.36. The molecule has 2 aromatic rings. The molecule has 0 aliphatic heterocycles. The zero-order valence-electron chi connectivity index (χ0n) is 8.10. The molecule has 0 radical (unpaired) electrons. The summed E-state index contributed by atoms with van der Waals surface area (Å²) in [6, 6.07) is 3.99. The van der Waals surface area contributed by atoms with Crippen molar-refractivity contribution in [3.63, 3.8) is 0 Å². The summed E-state index contributed by atoms with van der Waals surface area (Å²) in [6.07, 6.45) is 5.83. The highest BCUT2D eigenvalue weighted by molar-refractivity contribution is 7.13. The second-order valence-corrected chi connectivity index (χ2v) is 3.99. The fourth-order valence-electron chi connectivity index (χ4n) is 1.31. The SMILES string of the molecule is CCCc1csc(-c2ccncc2)n1. The van der Waals surface area contributed by atoms with Gasteiger partial charge in [0.25, 0.3) is 0 Å². The fraction of sp³-hybridized carbons (Fsp3) is 0.273. The Bertz CT molecular complexity index is 395. The molecule has 0 N–H and O–H groups in total. The molecule has 0 bridgehead atoms. The van der Waals surface area contributed by atoms with E-state index in [9.17, 15) is 0 Å². The van der Waals surface area contributed by atoms with Crippen LogP contribution in [0.4, 0.5) is 0 Å². The van der Waals surface area contributed by atoms with Crippen molar-refractivity contribution in [2.45, 2.75) is 19.8 Å². The van der Waals surface area contributed by atoms with E-state index in [0.29, 0.717) is 0 Å². The van der Waals surface area contributed by atoms with Gasteiger partial charge in [-0.2, -0.15) is 0 Å². The van der Waals surface area contributed by atoms with Crippen LogP contribution in [0, 0.1) is 0 Å². The molecule has 2 heterocycles. The van der Waals surface area contributed by atoms with Gasteiger partial charge in [-0.15, -0.1) is 11.3 Å². The molecule has 2 aromatic heterocycles. The van der Waals surface area contributed by atoms with E-state index in [0.717, 1.165) is 23.4 Å². The molecular weight excluding hydrogens is 192 g/mol. The summed E-state index contributed by atoms with van der Waals surface area (Å²) < 4.78 is 0. The summed E-state index contributed by atoms with van der Waals surface area (Å²) in [6.45, 7) is 2.17. The first kappa shape index (κ1) is 9.34. The minimum Gasteiger partial charge on any atom is -0.265 e. The Morgan fingerprint density at radius 3 is 2.79 bits per heavy atom. The normalized spacial score (nSPS) is 10.4. The van der Waals surface area contributed by atoms with Crippen LogP contribution in [-0.2, 0) is 6.42 Å². The standard InChI is InChI=1S/C11H12N2S/c1-2-3-10-8-14-11(13-10)9-4-6-12-7-5-9/h4-8H,2-3H2,1H3. The molecule has 0 aliphatic carbocycles. The maximum absolute atomic E-state index is 4.56.